The summed E-state index contributed by atoms with van der Waals surface area (Å²) >= 11 is 0. The van der Waals surface area contributed by atoms with Gasteiger partial charge in [-0.05, 0) is 43.9 Å². The summed E-state index contributed by atoms with van der Waals surface area (Å²) in [6.07, 6.45) is 4.00. The molecule has 1 fully saturated rings. The number of benzene rings is 1. The predicted molar refractivity (Wildman–Crippen MR) is 84.2 cm³/mol. The van der Waals surface area contributed by atoms with Gasteiger partial charge in [0.1, 0.15) is 12.1 Å². The molecule has 1 saturated heterocycles. The third kappa shape index (κ3) is 3.26. The van der Waals surface area contributed by atoms with Gasteiger partial charge < -0.3 is 5.32 Å². The Labute approximate surface area is 126 Å². The van der Waals surface area contributed by atoms with Crippen molar-refractivity contribution in [3.63, 3.8) is 0 Å². The lowest BCUT2D eigenvalue weighted by Crippen LogP contribution is -2.62. The second-order valence-corrected chi connectivity index (χ2v) is 5.62. The smallest absolute Gasteiger partial charge is 0.250 e. The number of nitrogens with one attached hydrogen (secondary N) is 1. The number of amides is 2. The van der Waals surface area contributed by atoms with Gasteiger partial charge in [0, 0.05) is 5.69 Å². The molecule has 1 aliphatic rings. The van der Waals surface area contributed by atoms with Gasteiger partial charge in [-0.1, -0.05) is 32.4 Å². The first kappa shape index (κ1) is 15.5. The van der Waals surface area contributed by atoms with Crippen LogP contribution in [0.2, 0.25) is 0 Å². The summed E-state index contributed by atoms with van der Waals surface area (Å²) < 4.78 is 0. The number of carbonyl (C=O) groups excluding carboxylic acids is 2. The topological polar surface area (TPSA) is 49.4 Å². The van der Waals surface area contributed by atoms with Crippen molar-refractivity contribution in [2.45, 2.75) is 58.5 Å². The first-order valence-corrected chi connectivity index (χ1v) is 7.80. The first-order valence-electron chi connectivity index (χ1n) is 7.80. The van der Waals surface area contributed by atoms with E-state index < -0.39 is 12.1 Å². The van der Waals surface area contributed by atoms with Crippen molar-refractivity contribution in [1.29, 1.82) is 0 Å². The third-order valence-corrected chi connectivity index (χ3v) is 4.06. The molecule has 0 aliphatic carbocycles. The van der Waals surface area contributed by atoms with E-state index in [1.165, 1.54) is 18.4 Å². The minimum Gasteiger partial charge on any atom is -0.343 e. The average Bonchev–Trinajstić information content (AvgIpc) is 2.50. The van der Waals surface area contributed by atoms with Crippen LogP contribution >= 0.6 is 0 Å². The van der Waals surface area contributed by atoms with Crippen LogP contribution in [0.5, 0.6) is 0 Å². The number of carbonyl (C=O) groups is 2. The van der Waals surface area contributed by atoms with Crippen molar-refractivity contribution in [3.8, 4) is 0 Å². The standard InChI is InChI=1S/C17H24N2O2/c1-4-6-7-13-8-10-14(11-9-13)19-12(3)16(20)18-15(5-2)17(19)21/h8-12,15H,4-7H2,1-3H3,(H,18,20). The van der Waals surface area contributed by atoms with Crippen LogP contribution in [0.1, 0.15) is 45.6 Å². The summed E-state index contributed by atoms with van der Waals surface area (Å²) in [4.78, 5) is 26.1. The normalized spacial score (nSPS) is 22.3. The fraction of sp³-hybridized carbons (Fsp3) is 0.529. The molecular formula is C17H24N2O2. The van der Waals surface area contributed by atoms with E-state index >= 15 is 0 Å². The highest BCUT2D eigenvalue weighted by molar-refractivity contribution is 6.08. The van der Waals surface area contributed by atoms with Gasteiger partial charge in [-0.25, -0.2) is 0 Å². The van der Waals surface area contributed by atoms with E-state index in [0.29, 0.717) is 6.42 Å². The molecule has 4 heteroatoms. The minimum atomic E-state index is -0.457. The molecule has 1 aromatic rings. The Morgan fingerprint density at radius 1 is 1.14 bits per heavy atom. The molecule has 2 atom stereocenters. The fourth-order valence-electron chi connectivity index (χ4n) is 2.66. The molecule has 0 aromatic heterocycles. The molecule has 0 bridgehead atoms. The number of nitrogens with zero attached hydrogens (tertiary/aromatic N) is 1. The van der Waals surface area contributed by atoms with E-state index in [9.17, 15) is 9.59 Å². The van der Waals surface area contributed by atoms with Gasteiger partial charge in [0.05, 0.1) is 0 Å². The van der Waals surface area contributed by atoms with Crippen LogP contribution in [0.4, 0.5) is 5.69 Å². The molecule has 1 aliphatic heterocycles. The first-order chi connectivity index (χ1) is 10.1. The van der Waals surface area contributed by atoms with E-state index in [-0.39, 0.29) is 11.8 Å². The SMILES string of the molecule is CCCCc1ccc(N2C(=O)C(CC)NC(=O)C2C)cc1. The summed E-state index contributed by atoms with van der Waals surface area (Å²) in [7, 11) is 0. The Kier molecular flexibility index (Phi) is 4.99. The highest BCUT2D eigenvalue weighted by Crippen LogP contribution is 2.23. The summed E-state index contributed by atoms with van der Waals surface area (Å²) in [6, 6.07) is 7.14. The summed E-state index contributed by atoms with van der Waals surface area (Å²) in [5, 5.41) is 2.77. The van der Waals surface area contributed by atoms with Crippen molar-refractivity contribution in [3.05, 3.63) is 29.8 Å². The van der Waals surface area contributed by atoms with Crippen molar-refractivity contribution in [1.82, 2.24) is 5.32 Å². The zero-order valence-electron chi connectivity index (χ0n) is 13.1. The van der Waals surface area contributed by atoms with Crippen molar-refractivity contribution >= 4 is 17.5 Å². The number of hydrogen-bond donors (Lipinski definition) is 1. The molecule has 1 aromatic carbocycles. The third-order valence-electron chi connectivity index (χ3n) is 4.06. The molecule has 2 amide bonds. The second kappa shape index (κ2) is 6.74. The number of hydrogen-bond acceptors (Lipinski definition) is 2. The lowest BCUT2D eigenvalue weighted by atomic mass is 10.0. The van der Waals surface area contributed by atoms with Crippen molar-refractivity contribution in [2.24, 2.45) is 0 Å². The number of anilines is 1. The highest BCUT2D eigenvalue weighted by Gasteiger charge is 2.37. The van der Waals surface area contributed by atoms with E-state index in [0.717, 1.165) is 12.1 Å². The number of unbranched alkanes of at least 4 members (excludes halogenated alkanes) is 1. The summed E-state index contributed by atoms with van der Waals surface area (Å²) in [5.41, 5.74) is 2.08. The van der Waals surface area contributed by atoms with Crippen LogP contribution < -0.4 is 10.2 Å². The van der Waals surface area contributed by atoms with Crippen LogP contribution in [0.25, 0.3) is 0 Å². The maximum absolute atomic E-state index is 12.5. The predicted octanol–water partition coefficient (Wildman–Crippen LogP) is 2.66. The number of rotatable bonds is 5. The van der Waals surface area contributed by atoms with Gasteiger partial charge >= 0.3 is 0 Å². The van der Waals surface area contributed by atoms with E-state index in [2.05, 4.69) is 24.4 Å². The van der Waals surface area contributed by atoms with Crippen LogP contribution in [0.3, 0.4) is 0 Å². The van der Waals surface area contributed by atoms with Gasteiger partial charge in [0.2, 0.25) is 11.8 Å². The molecule has 0 radical (unpaired) electrons. The average molecular weight is 288 g/mol. The van der Waals surface area contributed by atoms with Crippen molar-refractivity contribution < 1.29 is 9.59 Å². The Bertz CT molecular complexity index is 510. The van der Waals surface area contributed by atoms with E-state index in [1.54, 1.807) is 11.8 Å². The molecule has 0 spiro atoms. The Morgan fingerprint density at radius 3 is 2.38 bits per heavy atom. The number of aryl methyl sites for hydroxylation is 1. The molecule has 21 heavy (non-hydrogen) atoms. The lowest BCUT2D eigenvalue weighted by Gasteiger charge is -2.37. The van der Waals surface area contributed by atoms with Gasteiger partial charge in [0.25, 0.3) is 0 Å². The molecule has 1 N–H and O–H groups in total. The maximum Gasteiger partial charge on any atom is 0.250 e. The van der Waals surface area contributed by atoms with Crippen LogP contribution in [-0.4, -0.2) is 23.9 Å². The fourth-order valence-corrected chi connectivity index (χ4v) is 2.66. The minimum absolute atomic E-state index is 0.0223. The van der Waals surface area contributed by atoms with E-state index in [4.69, 9.17) is 0 Å². The highest BCUT2D eigenvalue weighted by atomic mass is 16.2. The van der Waals surface area contributed by atoms with Gasteiger partial charge in [-0.3, -0.25) is 14.5 Å². The monoisotopic (exact) mass is 288 g/mol. The molecule has 4 nitrogen and oxygen atoms in total. The zero-order valence-corrected chi connectivity index (χ0v) is 13.1. The molecular weight excluding hydrogens is 264 g/mol. The summed E-state index contributed by atoms with van der Waals surface area (Å²) in [5.74, 6) is -0.109. The molecule has 2 rings (SSSR count). The maximum atomic E-state index is 12.5. The van der Waals surface area contributed by atoms with Crippen molar-refractivity contribution in [2.75, 3.05) is 4.90 Å². The van der Waals surface area contributed by atoms with Gasteiger partial charge in [-0.2, -0.15) is 0 Å². The zero-order chi connectivity index (χ0) is 15.4. The van der Waals surface area contributed by atoms with Crippen LogP contribution in [-0.2, 0) is 16.0 Å². The summed E-state index contributed by atoms with van der Waals surface area (Å²) in [6.45, 7) is 5.85. The van der Waals surface area contributed by atoms with Crippen LogP contribution in [0, 0.1) is 0 Å². The molecule has 0 saturated carbocycles. The Balaban J connectivity index is 2.21. The number of piperazine rings is 1. The quantitative estimate of drug-likeness (QED) is 0.905. The van der Waals surface area contributed by atoms with Gasteiger partial charge in [-0.15, -0.1) is 0 Å². The van der Waals surface area contributed by atoms with Crippen LogP contribution in [0.15, 0.2) is 24.3 Å². The Hall–Kier alpha value is -1.84. The largest absolute Gasteiger partial charge is 0.343 e. The van der Waals surface area contributed by atoms with Gasteiger partial charge in [0.15, 0.2) is 0 Å². The van der Waals surface area contributed by atoms with E-state index in [1.807, 2.05) is 19.1 Å². The lowest BCUT2D eigenvalue weighted by molar-refractivity contribution is -0.133. The molecule has 2 unspecified atom stereocenters. The molecule has 1 heterocycles. The second-order valence-electron chi connectivity index (χ2n) is 5.62. The molecule has 114 valence electrons. The Morgan fingerprint density at radius 2 is 1.81 bits per heavy atom.